The standard InChI is InChI=1S/C27H36FN3O/c1-19(2)32-25-12-7-21(8-13-25)15-29-20(3)31(16-22-5-10-24(28)11-6-22)27-14-9-23-17-30(4)18-26(23)27/h5-8,10-13,19,23,26-27,29H,3,9,14-18H2,1-2,4H3. The van der Waals surface area contributed by atoms with Gasteiger partial charge >= 0.3 is 0 Å². The molecule has 1 aliphatic heterocycles. The molecular formula is C27H36FN3O. The Morgan fingerprint density at radius 1 is 1.09 bits per heavy atom. The van der Waals surface area contributed by atoms with E-state index in [0.717, 1.165) is 36.1 Å². The number of fused-ring (bicyclic) bond motifs is 1. The molecule has 2 aliphatic rings. The Balaban J connectivity index is 1.45. The van der Waals surface area contributed by atoms with Crippen molar-refractivity contribution >= 4 is 0 Å². The number of hydrogen-bond acceptors (Lipinski definition) is 4. The second kappa shape index (κ2) is 9.95. The van der Waals surface area contributed by atoms with Gasteiger partial charge in [0, 0.05) is 32.2 Å². The van der Waals surface area contributed by atoms with Crippen molar-refractivity contribution in [2.75, 3.05) is 20.1 Å². The Bertz CT molecular complexity index is 896. The summed E-state index contributed by atoms with van der Waals surface area (Å²) in [6.07, 6.45) is 2.62. The molecule has 3 unspecified atom stereocenters. The highest BCUT2D eigenvalue weighted by molar-refractivity contribution is 5.27. The molecule has 2 aromatic rings. The SMILES string of the molecule is C=C(NCc1ccc(OC(C)C)cc1)N(Cc1ccc(F)cc1)C1CCC2CN(C)CC21. The summed E-state index contributed by atoms with van der Waals surface area (Å²) < 4.78 is 19.2. The number of nitrogens with zero attached hydrogens (tertiary/aromatic N) is 2. The molecular weight excluding hydrogens is 401 g/mol. The van der Waals surface area contributed by atoms with Crippen molar-refractivity contribution in [2.24, 2.45) is 11.8 Å². The molecule has 1 saturated carbocycles. The summed E-state index contributed by atoms with van der Waals surface area (Å²) in [5.41, 5.74) is 2.30. The third kappa shape index (κ3) is 5.44. The Morgan fingerprint density at radius 3 is 2.47 bits per heavy atom. The smallest absolute Gasteiger partial charge is 0.123 e. The van der Waals surface area contributed by atoms with Gasteiger partial charge < -0.3 is 19.9 Å². The fourth-order valence-electron chi connectivity index (χ4n) is 5.31. The van der Waals surface area contributed by atoms with Gasteiger partial charge in [0.1, 0.15) is 11.6 Å². The van der Waals surface area contributed by atoms with Crippen LogP contribution in [0.15, 0.2) is 60.9 Å². The predicted molar refractivity (Wildman–Crippen MR) is 128 cm³/mol. The lowest BCUT2D eigenvalue weighted by Crippen LogP contribution is -2.42. The minimum atomic E-state index is -0.194. The highest BCUT2D eigenvalue weighted by Gasteiger charge is 2.44. The third-order valence-electron chi connectivity index (χ3n) is 6.81. The van der Waals surface area contributed by atoms with Crippen molar-refractivity contribution in [2.45, 2.75) is 51.9 Å². The summed E-state index contributed by atoms with van der Waals surface area (Å²) in [7, 11) is 2.22. The minimum Gasteiger partial charge on any atom is -0.491 e. The summed E-state index contributed by atoms with van der Waals surface area (Å²) >= 11 is 0. The van der Waals surface area contributed by atoms with Crippen LogP contribution in [-0.2, 0) is 13.1 Å². The van der Waals surface area contributed by atoms with Gasteiger partial charge in [-0.15, -0.1) is 0 Å². The Labute approximate surface area is 192 Å². The lowest BCUT2D eigenvalue weighted by Gasteiger charge is -2.36. The van der Waals surface area contributed by atoms with Crippen LogP contribution in [0.1, 0.15) is 37.8 Å². The largest absolute Gasteiger partial charge is 0.491 e. The van der Waals surface area contributed by atoms with Gasteiger partial charge in [0.2, 0.25) is 0 Å². The van der Waals surface area contributed by atoms with Gasteiger partial charge in [-0.3, -0.25) is 0 Å². The van der Waals surface area contributed by atoms with E-state index in [2.05, 4.69) is 40.9 Å². The van der Waals surface area contributed by atoms with Crippen LogP contribution in [0.4, 0.5) is 4.39 Å². The molecule has 0 bridgehead atoms. The predicted octanol–water partition coefficient (Wildman–Crippen LogP) is 5.02. The summed E-state index contributed by atoms with van der Waals surface area (Å²) in [6, 6.07) is 15.6. The number of rotatable bonds is 9. The molecule has 1 saturated heterocycles. The molecule has 2 aromatic carbocycles. The quantitative estimate of drug-likeness (QED) is 0.596. The van der Waals surface area contributed by atoms with E-state index in [4.69, 9.17) is 4.74 Å². The van der Waals surface area contributed by atoms with Crippen LogP contribution < -0.4 is 10.1 Å². The maximum atomic E-state index is 13.5. The monoisotopic (exact) mass is 437 g/mol. The van der Waals surface area contributed by atoms with E-state index in [1.807, 2.05) is 38.1 Å². The lowest BCUT2D eigenvalue weighted by molar-refractivity contribution is 0.178. The molecule has 5 heteroatoms. The first kappa shape index (κ1) is 22.7. The fourth-order valence-corrected chi connectivity index (χ4v) is 5.31. The number of benzene rings is 2. The average molecular weight is 438 g/mol. The van der Waals surface area contributed by atoms with Gasteiger partial charge in [0.05, 0.1) is 11.9 Å². The molecule has 0 radical (unpaired) electrons. The summed E-state index contributed by atoms with van der Waals surface area (Å²) in [4.78, 5) is 4.88. The van der Waals surface area contributed by atoms with Crippen LogP contribution in [0.3, 0.4) is 0 Å². The lowest BCUT2D eigenvalue weighted by atomic mass is 9.96. The number of likely N-dealkylation sites (tertiary alicyclic amines) is 1. The van der Waals surface area contributed by atoms with E-state index in [0.29, 0.717) is 18.5 Å². The van der Waals surface area contributed by atoms with Crippen molar-refractivity contribution in [3.8, 4) is 5.75 Å². The first-order valence-corrected chi connectivity index (χ1v) is 11.8. The first-order valence-electron chi connectivity index (χ1n) is 11.8. The normalized spacial score (nSPS) is 22.7. The Kier molecular flexibility index (Phi) is 7.04. The maximum Gasteiger partial charge on any atom is 0.123 e. The fraction of sp³-hybridized carbons (Fsp3) is 0.481. The molecule has 1 N–H and O–H groups in total. The molecule has 1 aliphatic carbocycles. The molecule has 0 aromatic heterocycles. The maximum absolute atomic E-state index is 13.5. The first-order chi connectivity index (χ1) is 15.4. The van der Waals surface area contributed by atoms with Crippen molar-refractivity contribution in [3.05, 3.63) is 77.9 Å². The number of ether oxygens (including phenoxy) is 1. The van der Waals surface area contributed by atoms with Crippen LogP contribution in [-0.4, -0.2) is 42.1 Å². The Hall–Kier alpha value is -2.53. The van der Waals surface area contributed by atoms with E-state index in [-0.39, 0.29) is 11.9 Å². The third-order valence-corrected chi connectivity index (χ3v) is 6.81. The van der Waals surface area contributed by atoms with Gasteiger partial charge in [0.25, 0.3) is 0 Å². The zero-order chi connectivity index (χ0) is 22.7. The molecule has 0 amide bonds. The van der Waals surface area contributed by atoms with E-state index >= 15 is 0 Å². The highest BCUT2D eigenvalue weighted by atomic mass is 19.1. The summed E-state index contributed by atoms with van der Waals surface area (Å²) in [5, 5.41) is 3.56. The number of nitrogens with one attached hydrogen (secondary N) is 1. The van der Waals surface area contributed by atoms with E-state index in [1.54, 1.807) is 12.1 Å². The van der Waals surface area contributed by atoms with Crippen LogP contribution in [0.25, 0.3) is 0 Å². The minimum absolute atomic E-state index is 0.170. The average Bonchev–Trinajstić information content (AvgIpc) is 3.31. The van der Waals surface area contributed by atoms with Gasteiger partial charge in [-0.1, -0.05) is 30.8 Å². The van der Waals surface area contributed by atoms with Gasteiger partial charge in [-0.2, -0.15) is 0 Å². The summed E-state index contributed by atoms with van der Waals surface area (Å²) in [6.45, 7) is 12.3. The topological polar surface area (TPSA) is 27.7 Å². The molecule has 3 atom stereocenters. The van der Waals surface area contributed by atoms with Crippen molar-refractivity contribution < 1.29 is 9.13 Å². The van der Waals surface area contributed by atoms with Crippen LogP contribution in [0, 0.1) is 17.7 Å². The van der Waals surface area contributed by atoms with Crippen LogP contribution >= 0.6 is 0 Å². The Morgan fingerprint density at radius 2 is 1.78 bits per heavy atom. The second-order valence-corrected chi connectivity index (χ2v) is 9.66. The molecule has 172 valence electrons. The summed E-state index contributed by atoms with van der Waals surface area (Å²) in [5.74, 6) is 3.06. The zero-order valence-corrected chi connectivity index (χ0v) is 19.6. The van der Waals surface area contributed by atoms with E-state index < -0.39 is 0 Å². The zero-order valence-electron chi connectivity index (χ0n) is 19.6. The van der Waals surface area contributed by atoms with Crippen LogP contribution in [0.2, 0.25) is 0 Å². The molecule has 0 spiro atoms. The second-order valence-electron chi connectivity index (χ2n) is 9.66. The van der Waals surface area contributed by atoms with E-state index in [1.165, 1.54) is 24.9 Å². The van der Waals surface area contributed by atoms with Gasteiger partial charge in [0.15, 0.2) is 0 Å². The number of halogens is 1. The van der Waals surface area contributed by atoms with Gasteiger partial charge in [-0.25, -0.2) is 4.39 Å². The molecule has 4 nitrogen and oxygen atoms in total. The molecule has 1 heterocycles. The van der Waals surface area contributed by atoms with E-state index in [9.17, 15) is 4.39 Å². The highest BCUT2D eigenvalue weighted by Crippen LogP contribution is 2.41. The molecule has 2 fully saturated rings. The van der Waals surface area contributed by atoms with Gasteiger partial charge in [-0.05, 0) is 81.0 Å². The van der Waals surface area contributed by atoms with Crippen molar-refractivity contribution in [1.82, 2.24) is 15.1 Å². The van der Waals surface area contributed by atoms with Crippen molar-refractivity contribution in [1.29, 1.82) is 0 Å². The molecule has 32 heavy (non-hydrogen) atoms. The van der Waals surface area contributed by atoms with Crippen LogP contribution in [0.5, 0.6) is 5.75 Å². The molecule has 4 rings (SSSR count). The number of hydrogen-bond donors (Lipinski definition) is 1. The van der Waals surface area contributed by atoms with Crippen molar-refractivity contribution in [3.63, 3.8) is 0 Å².